The molecule has 0 aromatic carbocycles. The smallest absolute Gasteiger partial charge is 0.404 e. The Labute approximate surface area is 338 Å². The van der Waals surface area contributed by atoms with Crippen LogP contribution in [0.3, 0.4) is 0 Å². The zero-order chi connectivity index (χ0) is 43.1. The maximum atomic E-state index is 12.2. The van der Waals surface area contributed by atoms with Gasteiger partial charge >= 0.3 is 12.1 Å². The van der Waals surface area contributed by atoms with Gasteiger partial charge in [0.2, 0.25) is 0 Å². The minimum Gasteiger partial charge on any atom is -0.466 e. The van der Waals surface area contributed by atoms with Gasteiger partial charge in [-0.25, -0.2) is 4.79 Å². The van der Waals surface area contributed by atoms with Crippen molar-refractivity contribution in [2.24, 2.45) is 35.3 Å². The van der Waals surface area contributed by atoms with Gasteiger partial charge < -0.3 is 34.3 Å². The lowest BCUT2D eigenvalue weighted by Crippen LogP contribution is -2.50. The number of esters is 1. The predicted molar refractivity (Wildman–Crippen MR) is 234 cm³/mol. The van der Waals surface area contributed by atoms with Crippen molar-refractivity contribution in [3.8, 4) is 0 Å². The summed E-state index contributed by atoms with van der Waals surface area (Å²) in [6, 6.07) is 0. The predicted octanol–water partition coefficient (Wildman–Crippen LogP) is 10.5. The lowest BCUT2D eigenvalue weighted by atomic mass is 9.81. The maximum absolute atomic E-state index is 12.2. The van der Waals surface area contributed by atoms with Gasteiger partial charge in [-0.05, 0) is 80.7 Å². The SMILES string of the molecule is C=C/C=C\C(C)C(OC(N)=O)C(C)C(O[Si](C)(C)C(C)(C)C)C(C)C/C(C)=C\C(C)C(O[Si](C)(C)C(C)(C)C)C(C)/C=C\C(O)CC(O)CCC(=O)OCC. The quantitative estimate of drug-likeness (QED) is 0.0379. The molecule has 0 fully saturated rings. The van der Waals surface area contributed by atoms with Crippen LogP contribution in [0.2, 0.25) is 36.3 Å². The maximum Gasteiger partial charge on any atom is 0.404 e. The van der Waals surface area contributed by atoms with Crippen LogP contribution in [0.15, 0.2) is 48.6 Å². The molecule has 55 heavy (non-hydrogen) atoms. The molecule has 0 heterocycles. The standard InChI is InChI=1S/C44H83NO8Si2/c1-19-21-22-31(4)40(51-42(45)49)35(8)41(53-55(17,18)44(12,13)14)34(7)28-30(3)27-33(6)39(52-54(15,16)43(9,10)11)32(5)23-24-36(46)29-37(47)25-26-38(48)50-20-2/h19,21-24,27,31-37,39-41,46-47H,1,20,25-26,28-29H2,2-18H3,(H2,45,49)/b22-21-,24-23-,30-27-. The third-order valence-electron chi connectivity index (χ3n) is 11.8. The number of aliphatic hydroxyl groups is 2. The molecule has 11 heteroatoms. The molecule has 0 radical (unpaired) electrons. The first-order valence-electron chi connectivity index (χ1n) is 20.5. The molecule has 1 amide bonds. The van der Waals surface area contributed by atoms with Crippen molar-refractivity contribution in [1.82, 2.24) is 0 Å². The molecule has 0 spiro atoms. The van der Waals surface area contributed by atoms with Gasteiger partial charge in [-0.15, -0.1) is 0 Å². The normalized spacial score (nSPS) is 19.2. The molecule has 10 unspecified atom stereocenters. The Morgan fingerprint density at radius 2 is 1.31 bits per heavy atom. The van der Waals surface area contributed by atoms with Crippen LogP contribution in [0.4, 0.5) is 4.79 Å². The van der Waals surface area contributed by atoms with Gasteiger partial charge in [0.1, 0.15) is 6.10 Å². The largest absolute Gasteiger partial charge is 0.466 e. The molecule has 0 saturated carbocycles. The number of allylic oxidation sites excluding steroid dienone is 3. The van der Waals surface area contributed by atoms with Crippen molar-refractivity contribution in [1.29, 1.82) is 0 Å². The van der Waals surface area contributed by atoms with Crippen LogP contribution in [0.5, 0.6) is 0 Å². The van der Waals surface area contributed by atoms with Gasteiger partial charge in [0.05, 0.1) is 31.0 Å². The molecule has 0 aromatic heterocycles. The van der Waals surface area contributed by atoms with E-state index in [0.29, 0.717) is 6.61 Å². The number of amides is 1. The van der Waals surface area contributed by atoms with Crippen LogP contribution in [0.25, 0.3) is 0 Å². The summed E-state index contributed by atoms with van der Waals surface area (Å²) in [6.07, 6.45) is 9.54. The first-order valence-corrected chi connectivity index (χ1v) is 26.3. The highest BCUT2D eigenvalue weighted by Gasteiger charge is 2.44. The Balaban J connectivity index is 6.59. The number of primary amides is 1. The number of aliphatic hydroxyl groups excluding tert-OH is 2. The molecule has 0 rings (SSSR count). The number of carbonyl (C=O) groups is 2. The molecule has 4 N–H and O–H groups in total. The number of nitrogens with two attached hydrogens (primary N) is 1. The molecular weight excluding hydrogens is 727 g/mol. The molecule has 0 aliphatic carbocycles. The third-order valence-corrected chi connectivity index (χ3v) is 20.7. The van der Waals surface area contributed by atoms with Gasteiger partial charge in [0.15, 0.2) is 16.6 Å². The molecule has 9 nitrogen and oxygen atoms in total. The fraction of sp³-hybridized carbons (Fsp3) is 0.773. The minimum absolute atomic E-state index is 0.00378. The van der Waals surface area contributed by atoms with E-state index < -0.39 is 41.0 Å². The van der Waals surface area contributed by atoms with E-state index in [4.69, 9.17) is 24.1 Å². The molecule has 0 bridgehead atoms. The highest BCUT2D eigenvalue weighted by molar-refractivity contribution is 6.74. The van der Waals surface area contributed by atoms with E-state index in [1.807, 2.05) is 25.2 Å². The lowest BCUT2D eigenvalue weighted by Gasteiger charge is -2.45. The monoisotopic (exact) mass is 810 g/mol. The minimum atomic E-state index is -2.25. The van der Waals surface area contributed by atoms with Crippen LogP contribution in [-0.2, 0) is 23.1 Å². The number of hydrogen-bond acceptors (Lipinski definition) is 8. The Bertz CT molecular complexity index is 1270. The Hall–Kier alpha value is -2.03. The third kappa shape index (κ3) is 18.9. The van der Waals surface area contributed by atoms with Crippen LogP contribution in [0, 0.1) is 29.6 Å². The van der Waals surface area contributed by atoms with E-state index in [1.165, 1.54) is 5.57 Å². The summed E-state index contributed by atoms with van der Waals surface area (Å²) in [6.45, 7) is 41.1. The molecule has 0 aromatic rings. The number of ether oxygens (including phenoxy) is 2. The van der Waals surface area contributed by atoms with Crippen molar-refractivity contribution in [2.75, 3.05) is 6.61 Å². The van der Waals surface area contributed by atoms with Crippen LogP contribution in [-0.4, -0.2) is 76.0 Å². The lowest BCUT2D eigenvalue weighted by molar-refractivity contribution is -0.143. The van der Waals surface area contributed by atoms with Crippen molar-refractivity contribution in [3.63, 3.8) is 0 Å². The Kier molecular flexibility index (Phi) is 22.5. The fourth-order valence-corrected chi connectivity index (χ4v) is 9.43. The van der Waals surface area contributed by atoms with Crippen molar-refractivity contribution < 1.29 is 38.1 Å². The van der Waals surface area contributed by atoms with Crippen LogP contribution < -0.4 is 5.73 Å². The summed E-state index contributed by atoms with van der Waals surface area (Å²) in [4.78, 5) is 23.9. The first-order chi connectivity index (χ1) is 25.0. The van der Waals surface area contributed by atoms with Gasteiger partial charge in [-0.2, -0.15) is 0 Å². The topological polar surface area (TPSA) is 138 Å². The van der Waals surface area contributed by atoms with Gasteiger partial charge in [0, 0.05) is 24.7 Å². The second-order valence-corrected chi connectivity index (χ2v) is 28.5. The van der Waals surface area contributed by atoms with Crippen LogP contribution in [0.1, 0.15) is 116 Å². The number of carbonyl (C=O) groups excluding carboxylic acids is 2. The van der Waals surface area contributed by atoms with E-state index in [2.05, 4.69) is 115 Å². The van der Waals surface area contributed by atoms with Gasteiger partial charge in [-0.3, -0.25) is 4.79 Å². The first kappa shape index (κ1) is 53.0. The van der Waals surface area contributed by atoms with Crippen LogP contribution >= 0.6 is 0 Å². The second-order valence-electron chi connectivity index (χ2n) is 19.0. The zero-order valence-corrected chi connectivity index (χ0v) is 39.9. The molecule has 10 atom stereocenters. The van der Waals surface area contributed by atoms with E-state index >= 15 is 0 Å². The van der Waals surface area contributed by atoms with E-state index in [0.717, 1.165) is 6.42 Å². The Morgan fingerprint density at radius 3 is 1.78 bits per heavy atom. The summed E-state index contributed by atoms with van der Waals surface area (Å²) >= 11 is 0. The highest BCUT2D eigenvalue weighted by Crippen LogP contribution is 2.42. The van der Waals surface area contributed by atoms with Crippen molar-refractivity contribution >= 4 is 28.7 Å². The van der Waals surface area contributed by atoms with Gasteiger partial charge in [0.25, 0.3) is 0 Å². The van der Waals surface area contributed by atoms with Crippen molar-refractivity contribution in [3.05, 3.63) is 48.6 Å². The fourth-order valence-electron chi connectivity index (χ4n) is 6.49. The average molecular weight is 810 g/mol. The summed E-state index contributed by atoms with van der Waals surface area (Å²) in [7, 11) is -4.45. The molecule has 0 aliphatic heterocycles. The average Bonchev–Trinajstić information content (AvgIpc) is 3.03. The molecule has 320 valence electrons. The van der Waals surface area contributed by atoms with E-state index in [1.54, 1.807) is 19.1 Å². The number of hydrogen-bond donors (Lipinski definition) is 3. The highest BCUT2D eigenvalue weighted by atomic mass is 28.4. The summed E-state index contributed by atoms with van der Waals surface area (Å²) in [5, 5.41) is 21.2. The van der Waals surface area contributed by atoms with E-state index in [9.17, 15) is 19.8 Å². The summed E-state index contributed by atoms with van der Waals surface area (Å²) in [5.41, 5.74) is 6.83. The second kappa shape index (κ2) is 23.4. The van der Waals surface area contributed by atoms with Gasteiger partial charge in [-0.1, -0.05) is 125 Å². The van der Waals surface area contributed by atoms with Crippen molar-refractivity contribution in [2.45, 2.75) is 182 Å². The zero-order valence-electron chi connectivity index (χ0n) is 37.9. The Morgan fingerprint density at radius 1 is 0.800 bits per heavy atom. The molecule has 0 saturated heterocycles. The molecular formula is C44H83NO8Si2. The number of rotatable bonds is 24. The molecule has 0 aliphatic rings. The van der Waals surface area contributed by atoms with E-state index in [-0.39, 0.29) is 77.1 Å². The summed E-state index contributed by atoms with van der Waals surface area (Å²) < 4.78 is 25.1. The summed E-state index contributed by atoms with van der Waals surface area (Å²) in [5.74, 6) is -0.517.